The minimum Gasteiger partial charge on any atom is -0.421 e. The van der Waals surface area contributed by atoms with Gasteiger partial charge in [0.1, 0.15) is 0 Å². The van der Waals surface area contributed by atoms with Crippen LogP contribution >= 0.6 is 0 Å². The fourth-order valence-electron chi connectivity index (χ4n) is 2.68. The minimum atomic E-state index is -0.335. The number of carbonyl (C=O) groups excluding carboxylic acids is 2. The molecule has 0 bridgehead atoms. The first-order valence-corrected chi connectivity index (χ1v) is 9.15. The smallest absolute Gasteiger partial charge is 0.254 e. The molecular weight excluding hydrogens is 368 g/mol. The Morgan fingerprint density at radius 3 is 2.59 bits per heavy atom. The molecule has 1 heterocycles. The van der Waals surface area contributed by atoms with E-state index in [4.69, 9.17) is 10.8 Å². The zero-order valence-electron chi connectivity index (χ0n) is 15.7. The number of anilines is 1. The van der Waals surface area contributed by atoms with Crippen LogP contribution in [0, 0.1) is 12.3 Å². The Hall–Kier alpha value is -3.92. The van der Waals surface area contributed by atoms with Crippen LogP contribution in [-0.4, -0.2) is 28.6 Å². The second kappa shape index (κ2) is 9.85. The molecule has 2 aromatic carbocycles. The van der Waals surface area contributed by atoms with Gasteiger partial charge in [-0.25, -0.2) is 0 Å². The number of rotatable bonds is 8. The first-order valence-electron chi connectivity index (χ1n) is 9.15. The number of nitrogens with one attached hydrogen (secondary N) is 2. The number of hydrogen-bond donors (Lipinski definition) is 2. The van der Waals surface area contributed by atoms with Gasteiger partial charge in [0, 0.05) is 18.4 Å². The number of para-hydroxylation sites is 1. The highest BCUT2D eigenvalue weighted by Gasteiger charge is 2.13. The number of nitrogens with zero attached hydrogens (tertiary/aromatic N) is 2. The van der Waals surface area contributed by atoms with Crippen molar-refractivity contribution in [1.82, 2.24) is 15.5 Å². The van der Waals surface area contributed by atoms with Gasteiger partial charge in [-0.15, -0.1) is 16.6 Å². The van der Waals surface area contributed by atoms with E-state index < -0.39 is 0 Å². The molecule has 0 radical (unpaired) electrons. The molecular formula is C22H20N4O3. The van der Waals surface area contributed by atoms with E-state index >= 15 is 0 Å². The molecule has 2 amide bonds. The summed E-state index contributed by atoms with van der Waals surface area (Å²) in [5.74, 6) is 2.74. The van der Waals surface area contributed by atoms with Crippen molar-refractivity contribution in [1.29, 1.82) is 0 Å². The van der Waals surface area contributed by atoms with Crippen molar-refractivity contribution in [3.8, 4) is 23.8 Å². The lowest BCUT2D eigenvalue weighted by atomic mass is 10.1. The Bertz CT molecular complexity index is 1020. The number of aromatic nitrogens is 2. The molecule has 2 N–H and O–H groups in total. The summed E-state index contributed by atoms with van der Waals surface area (Å²) in [5.41, 5.74) is 1.65. The third-order valence-corrected chi connectivity index (χ3v) is 4.08. The average molecular weight is 388 g/mol. The number of amides is 2. The molecule has 0 aliphatic carbocycles. The topological polar surface area (TPSA) is 97.1 Å². The highest BCUT2D eigenvalue weighted by Crippen LogP contribution is 2.18. The molecule has 0 saturated heterocycles. The van der Waals surface area contributed by atoms with Gasteiger partial charge in [0.05, 0.1) is 17.8 Å². The van der Waals surface area contributed by atoms with Crippen molar-refractivity contribution < 1.29 is 14.0 Å². The van der Waals surface area contributed by atoms with Crippen molar-refractivity contribution in [2.24, 2.45) is 0 Å². The van der Waals surface area contributed by atoms with Crippen LogP contribution in [0.5, 0.6) is 0 Å². The molecule has 0 saturated carbocycles. The van der Waals surface area contributed by atoms with E-state index in [0.717, 1.165) is 5.56 Å². The molecule has 0 unspecified atom stereocenters. The fraction of sp³-hybridized carbons (Fsp3) is 0.182. The Morgan fingerprint density at radius 1 is 1.03 bits per heavy atom. The van der Waals surface area contributed by atoms with Crippen molar-refractivity contribution in [2.45, 2.75) is 19.3 Å². The largest absolute Gasteiger partial charge is 0.421 e. The first-order chi connectivity index (χ1) is 14.2. The second-order valence-electron chi connectivity index (χ2n) is 6.20. The van der Waals surface area contributed by atoms with Crippen LogP contribution in [0.3, 0.4) is 0 Å². The molecule has 0 fully saturated rings. The predicted molar refractivity (Wildman–Crippen MR) is 109 cm³/mol. The van der Waals surface area contributed by atoms with Gasteiger partial charge in [0.15, 0.2) is 0 Å². The van der Waals surface area contributed by atoms with Crippen LogP contribution in [-0.2, 0) is 11.2 Å². The zero-order chi connectivity index (χ0) is 20.5. The summed E-state index contributed by atoms with van der Waals surface area (Å²) in [6.07, 6.45) is 6.43. The Kier molecular flexibility index (Phi) is 6.74. The molecule has 7 nitrogen and oxygen atoms in total. The standard InChI is InChI=1S/C22H20N4O3/c1-2-15-23-21(28)17-11-6-7-12-18(17)24-19(27)13-8-14-20-25-26-22(29-20)16-9-4-3-5-10-16/h1,3-7,9-12H,8,13-15H2,(H,23,28)(H,24,27). The minimum absolute atomic E-state index is 0.121. The maximum absolute atomic E-state index is 12.3. The summed E-state index contributed by atoms with van der Waals surface area (Å²) in [7, 11) is 0. The van der Waals surface area contributed by atoms with Crippen molar-refractivity contribution in [3.63, 3.8) is 0 Å². The Balaban J connectivity index is 1.52. The lowest BCUT2D eigenvalue weighted by molar-refractivity contribution is -0.116. The second-order valence-corrected chi connectivity index (χ2v) is 6.20. The maximum atomic E-state index is 12.3. The Morgan fingerprint density at radius 2 is 1.79 bits per heavy atom. The lowest BCUT2D eigenvalue weighted by Gasteiger charge is -2.10. The highest BCUT2D eigenvalue weighted by atomic mass is 16.4. The quantitative estimate of drug-likeness (QED) is 0.578. The van der Waals surface area contributed by atoms with E-state index in [9.17, 15) is 9.59 Å². The van der Waals surface area contributed by atoms with Crippen LogP contribution in [0.4, 0.5) is 5.69 Å². The summed E-state index contributed by atoms with van der Waals surface area (Å²) in [4.78, 5) is 24.4. The predicted octanol–water partition coefficient (Wildman–Crippen LogP) is 3.06. The molecule has 0 aliphatic heterocycles. The molecule has 29 heavy (non-hydrogen) atoms. The summed E-state index contributed by atoms with van der Waals surface area (Å²) in [5, 5.41) is 13.4. The molecule has 3 aromatic rings. The van der Waals surface area contributed by atoms with Gasteiger partial charge in [-0.05, 0) is 30.7 Å². The average Bonchev–Trinajstić information content (AvgIpc) is 3.22. The normalized spacial score (nSPS) is 10.2. The van der Waals surface area contributed by atoms with E-state index in [-0.39, 0.29) is 24.8 Å². The van der Waals surface area contributed by atoms with Crippen LogP contribution in [0.2, 0.25) is 0 Å². The number of terminal acetylenes is 1. The first kappa shape index (κ1) is 19.8. The van der Waals surface area contributed by atoms with E-state index in [2.05, 4.69) is 26.8 Å². The van der Waals surface area contributed by atoms with Crippen LogP contribution in [0.15, 0.2) is 59.0 Å². The van der Waals surface area contributed by atoms with Crippen LogP contribution in [0.25, 0.3) is 11.5 Å². The van der Waals surface area contributed by atoms with Gasteiger partial charge < -0.3 is 15.1 Å². The number of hydrogen-bond acceptors (Lipinski definition) is 5. The van der Waals surface area contributed by atoms with E-state index in [0.29, 0.717) is 35.9 Å². The van der Waals surface area contributed by atoms with E-state index in [1.54, 1.807) is 24.3 Å². The Labute approximate surface area is 168 Å². The van der Waals surface area contributed by atoms with Crippen molar-refractivity contribution >= 4 is 17.5 Å². The van der Waals surface area contributed by atoms with Gasteiger partial charge in [-0.2, -0.15) is 0 Å². The molecule has 0 atom stereocenters. The van der Waals surface area contributed by atoms with Crippen molar-refractivity contribution in [2.75, 3.05) is 11.9 Å². The zero-order valence-corrected chi connectivity index (χ0v) is 15.7. The van der Waals surface area contributed by atoms with Crippen molar-refractivity contribution in [3.05, 3.63) is 66.1 Å². The molecule has 1 aromatic heterocycles. The SMILES string of the molecule is C#CCNC(=O)c1ccccc1NC(=O)CCCc1nnc(-c2ccccc2)o1. The molecule has 0 aliphatic rings. The van der Waals surface area contributed by atoms with E-state index in [1.165, 1.54) is 0 Å². The van der Waals surface area contributed by atoms with Crippen LogP contribution < -0.4 is 10.6 Å². The number of benzene rings is 2. The monoisotopic (exact) mass is 388 g/mol. The van der Waals surface area contributed by atoms with Gasteiger partial charge >= 0.3 is 0 Å². The lowest BCUT2D eigenvalue weighted by Crippen LogP contribution is -2.25. The van der Waals surface area contributed by atoms with Gasteiger partial charge in [0.2, 0.25) is 17.7 Å². The summed E-state index contributed by atoms with van der Waals surface area (Å²) < 4.78 is 5.63. The highest BCUT2D eigenvalue weighted by molar-refractivity contribution is 6.03. The fourth-order valence-corrected chi connectivity index (χ4v) is 2.68. The van der Waals surface area contributed by atoms with Crippen LogP contribution in [0.1, 0.15) is 29.1 Å². The molecule has 0 spiro atoms. The van der Waals surface area contributed by atoms with Gasteiger partial charge in [0.25, 0.3) is 5.91 Å². The third kappa shape index (κ3) is 5.53. The summed E-state index contributed by atoms with van der Waals surface area (Å²) >= 11 is 0. The molecule has 7 heteroatoms. The molecule has 146 valence electrons. The number of carbonyl (C=O) groups is 2. The van der Waals surface area contributed by atoms with E-state index in [1.807, 2.05) is 30.3 Å². The third-order valence-electron chi connectivity index (χ3n) is 4.08. The summed E-state index contributed by atoms with van der Waals surface area (Å²) in [6, 6.07) is 16.3. The maximum Gasteiger partial charge on any atom is 0.254 e. The van der Waals surface area contributed by atoms with Gasteiger partial charge in [-0.3, -0.25) is 9.59 Å². The molecule has 3 rings (SSSR count). The number of aryl methyl sites for hydroxylation is 1. The van der Waals surface area contributed by atoms with Gasteiger partial charge in [-0.1, -0.05) is 36.3 Å². The summed E-state index contributed by atoms with van der Waals surface area (Å²) in [6.45, 7) is 0.121.